The second kappa shape index (κ2) is 22.5. The van der Waals surface area contributed by atoms with Crippen molar-refractivity contribution in [2.45, 2.75) is 173 Å². The van der Waals surface area contributed by atoms with Gasteiger partial charge in [0.05, 0.1) is 18.4 Å². The summed E-state index contributed by atoms with van der Waals surface area (Å²) in [5, 5.41) is -1.70. The Labute approximate surface area is 315 Å². The number of ether oxygens (including phenoxy) is 1. The van der Waals surface area contributed by atoms with Crippen LogP contribution < -0.4 is 4.72 Å². The minimum absolute atomic E-state index is 0.0529. The number of sulfone groups is 1. The summed E-state index contributed by atoms with van der Waals surface area (Å²) < 4.78 is 75.6. The highest BCUT2D eigenvalue weighted by atomic mass is 32.3. The summed E-state index contributed by atoms with van der Waals surface area (Å²) in [6.45, 7) is 5.85. The van der Waals surface area contributed by atoms with Crippen molar-refractivity contribution in [2.75, 3.05) is 13.7 Å². The summed E-state index contributed by atoms with van der Waals surface area (Å²) in [5.41, 5.74) is 0.277. The van der Waals surface area contributed by atoms with Crippen LogP contribution in [0.3, 0.4) is 0 Å². The van der Waals surface area contributed by atoms with Crippen LogP contribution in [0.15, 0.2) is 49.7 Å². The van der Waals surface area contributed by atoms with Crippen LogP contribution in [0.5, 0.6) is 0 Å². The van der Waals surface area contributed by atoms with E-state index in [-0.39, 0.29) is 26.9 Å². The van der Waals surface area contributed by atoms with Gasteiger partial charge in [0.15, 0.2) is 20.1 Å². The Morgan fingerprint density at radius 1 is 0.922 bits per heavy atom. The zero-order valence-corrected chi connectivity index (χ0v) is 34.5. The SMILES string of the molecule is CCCCCCCCCCCCCCCCCCCC(NS(=O)(=O)c1cc2c(s1)S(=O)(=O)[C@@H](C)C[C@@H]2N(CC)C(=O)OC)[S+]([O-])c1ccccc1. The summed E-state index contributed by atoms with van der Waals surface area (Å²) >= 11 is -0.979. The van der Waals surface area contributed by atoms with E-state index in [1.807, 2.05) is 6.07 Å². The molecule has 2 heterocycles. The number of thiophene rings is 1. The number of nitrogens with zero attached hydrogens (tertiary/aromatic N) is 1. The van der Waals surface area contributed by atoms with E-state index in [2.05, 4.69) is 11.6 Å². The lowest BCUT2D eigenvalue weighted by molar-refractivity contribution is 0.104. The van der Waals surface area contributed by atoms with Crippen LogP contribution in [0.1, 0.15) is 154 Å². The Bertz CT molecular complexity index is 1520. The van der Waals surface area contributed by atoms with Gasteiger partial charge in [0.1, 0.15) is 8.42 Å². The van der Waals surface area contributed by atoms with Gasteiger partial charge in [0.25, 0.3) is 10.0 Å². The molecule has 9 nitrogen and oxygen atoms in total. The van der Waals surface area contributed by atoms with E-state index in [0.29, 0.717) is 29.1 Å². The first kappa shape index (κ1) is 43.8. The number of fused-ring (bicyclic) bond motifs is 1. The van der Waals surface area contributed by atoms with Crippen molar-refractivity contribution >= 4 is 48.5 Å². The number of rotatable bonds is 25. The minimum atomic E-state index is -4.25. The van der Waals surface area contributed by atoms with Gasteiger partial charge >= 0.3 is 6.09 Å². The van der Waals surface area contributed by atoms with Crippen molar-refractivity contribution in [3.63, 3.8) is 0 Å². The normalized spacial score (nSPS) is 18.2. The average Bonchev–Trinajstić information content (AvgIpc) is 3.60. The van der Waals surface area contributed by atoms with E-state index in [1.54, 1.807) is 38.1 Å². The molecule has 0 saturated carbocycles. The molecule has 290 valence electrons. The first-order chi connectivity index (χ1) is 24.5. The Balaban J connectivity index is 1.56. The lowest BCUT2D eigenvalue weighted by Gasteiger charge is -2.34. The van der Waals surface area contributed by atoms with Crippen LogP contribution in [0, 0.1) is 0 Å². The largest absolute Gasteiger partial charge is 0.610 e. The van der Waals surface area contributed by atoms with Crippen molar-refractivity contribution in [2.24, 2.45) is 0 Å². The second-order valence-electron chi connectivity index (χ2n) is 13.8. The molecule has 0 radical (unpaired) electrons. The van der Waals surface area contributed by atoms with Crippen molar-refractivity contribution in [1.82, 2.24) is 9.62 Å². The molecule has 1 amide bonds. The molecule has 0 spiro atoms. The first-order valence-electron chi connectivity index (χ1n) is 19.2. The summed E-state index contributed by atoms with van der Waals surface area (Å²) in [4.78, 5) is 14.5. The maximum Gasteiger partial charge on any atom is 0.409 e. The highest BCUT2D eigenvalue weighted by Gasteiger charge is 2.43. The molecule has 0 saturated heterocycles. The van der Waals surface area contributed by atoms with Crippen molar-refractivity contribution in [3.8, 4) is 0 Å². The summed E-state index contributed by atoms with van der Waals surface area (Å²) in [6.07, 6.45) is 21.0. The number of carbonyl (C=O) groups is 1. The first-order valence-corrected chi connectivity index (χ1v) is 24.2. The number of hydrogen-bond acceptors (Lipinski definition) is 8. The zero-order valence-electron chi connectivity index (χ0n) is 31.3. The predicted octanol–water partition coefficient (Wildman–Crippen LogP) is 9.90. The molecule has 3 rings (SSSR count). The van der Waals surface area contributed by atoms with Crippen molar-refractivity contribution in [1.29, 1.82) is 0 Å². The number of carbonyl (C=O) groups excluding carboxylic acids is 1. The van der Waals surface area contributed by atoms with Gasteiger partial charge in [-0.05, 0) is 44.9 Å². The van der Waals surface area contributed by atoms with Gasteiger partial charge in [-0.1, -0.05) is 128 Å². The van der Waals surface area contributed by atoms with E-state index in [1.165, 1.54) is 102 Å². The molecule has 0 fully saturated rings. The number of methoxy groups -OCH3 is 1. The molecule has 13 heteroatoms. The molecule has 0 aliphatic carbocycles. The molecular formula is C38H62N2O7S4. The van der Waals surface area contributed by atoms with Crippen molar-refractivity contribution < 1.29 is 30.9 Å². The summed E-state index contributed by atoms with van der Waals surface area (Å²) in [6, 6.07) is 9.52. The average molecular weight is 787 g/mol. The van der Waals surface area contributed by atoms with E-state index < -0.39 is 53.8 Å². The molecule has 1 N–H and O–H groups in total. The zero-order chi connectivity index (χ0) is 37.3. The fourth-order valence-corrected chi connectivity index (χ4v) is 13.8. The third-order valence-electron chi connectivity index (χ3n) is 9.89. The van der Waals surface area contributed by atoms with E-state index in [4.69, 9.17) is 4.74 Å². The van der Waals surface area contributed by atoms with Gasteiger partial charge in [-0.2, -0.15) is 4.72 Å². The smallest absolute Gasteiger partial charge is 0.409 e. The van der Waals surface area contributed by atoms with Gasteiger partial charge in [-0.25, -0.2) is 21.6 Å². The fraction of sp³-hybridized carbons (Fsp3) is 0.711. The third-order valence-corrected chi connectivity index (χ3v) is 17.5. The van der Waals surface area contributed by atoms with Crippen LogP contribution in [0.2, 0.25) is 0 Å². The number of sulfonamides is 1. The Morgan fingerprint density at radius 3 is 1.92 bits per heavy atom. The summed E-state index contributed by atoms with van der Waals surface area (Å²) in [7, 11) is -6.80. The summed E-state index contributed by atoms with van der Waals surface area (Å²) in [5.74, 6) is 0. The van der Waals surface area contributed by atoms with Crippen LogP contribution in [0.4, 0.5) is 4.79 Å². The minimum Gasteiger partial charge on any atom is -0.610 e. The number of hydrogen-bond donors (Lipinski definition) is 1. The Kier molecular flexibility index (Phi) is 19.3. The van der Waals surface area contributed by atoms with Gasteiger partial charge in [-0.15, -0.1) is 11.3 Å². The number of nitrogens with one attached hydrogen (secondary N) is 1. The lowest BCUT2D eigenvalue weighted by atomic mass is 10.0. The number of unbranched alkanes of at least 4 members (excludes halogenated alkanes) is 16. The van der Waals surface area contributed by atoms with Gasteiger partial charge in [0.2, 0.25) is 0 Å². The molecule has 0 bridgehead atoms. The Morgan fingerprint density at radius 2 is 1.43 bits per heavy atom. The van der Waals surface area contributed by atoms with Crippen LogP contribution in [-0.2, 0) is 35.8 Å². The highest BCUT2D eigenvalue weighted by molar-refractivity contribution is 7.96. The molecule has 1 aliphatic heterocycles. The topological polar surface area (TPSA) is 133 Å². The van der Waals surface area contributed by atoms with Gasteiger partial charge < -0.3 is 14.2 Å². The fourth-order valence-electron chi connectivity index (χ4n) is 6.81. The number of amides is 1. The molecule has 51 heavy (non-hydrogen) atoms. The predicted molar refractivity (Wildman–Crippen MR) is 209 cm³/mol. The Hall–Kier alpha value is -1.64. The van der Waals surface area contributed by atoms with E-state index in [0.717, 1.165) is 19.3 Å². The number of benzene rings is 1. The standard InChI is InChI=1S/C38H62N2O7S4/c1-5-7-8-9-10-11-12-13-14-15-16-17-18-19-20-21-25-28-35(49(42)32-26-23-22-24-27-32)39-51(45,46)36-30-33-34(40(6-2)38(41)47-4)29-31(3)50(43,44)37(33)48-36/h22-24,26-27,30-31,34-35,39H,5-21,25,28-29H2,1-4H3/t31-,34-,35?,49?/m0/s1. The van der Waals surface area contributed by atoms with Crippen LogP contribution >= 0.6 is 11.3 Å². The molecule has 2 aromatic rings. The lowest BCUT2D eigenvalue weighted by Crippen LogP contribution is -2.40. The molecular weight excluding hydrogens is 725 g/mol. The third kappa shape index (κ3) is 13.3. The molecule has 1 aliphatic rings. The van der Waals surface area contributed by atoms with Crippen molar-refractivity contribution in [3.05, 3.63) is 42.0 Å². The quantitative estimate of drug-likeness (QED) is 0.0783. The molecule has 2 unspecified atom stereocenters. The second-order valence-corrected chi connectivity index (χ2v) is 21.0. The van der Waals surface area contributed by atoms with Crippen LogP contribution in [-0.4, -0.2) is 56.7 Å². The van der Waals surface area contributed by atoms with E-state index in [9.17, 15) is 26.2 Å². The molecule has 1 aromatic heterocycles. The molecule has 1 aromatic carbocycles. The van der Waals surface area contributed by atoms with Gasteiger partial charge in [-0.3, -0.25) is 0 Å². The maximum absolute atomic E-state index is 13.9. The maximum atomic E-state index is 13.9. The van der Waals surface area contributed by atoms with Crippen LogP contribution in [0.25, 0.3) is 0 Å². The highest BCUT2D eigenvalue weighted by Crippen LogP contribution is 2.45. The molecule has 4 atom stereocenters. The van der Waals surface area contributed by atoms with E-state index >= 15 is 0 Å². The van der Waals surface area contributed by atoms with Gasteiger partial charge in [0, 0.05) is 29.7 Å². The monoisotopic (exact) mass is 786 g/mol.